The summed E-state index contributed by atoms with van der Waals surface area (Å²) in [6, 6.07) is 19.0. The van der Waals surface area contributed by atoms with Gasteiger partial charge in [-0.3, -0.25) is 0 Å². The van der Waals surface area contributed by atoms with Crippen molar-refractivity contribution in [3.63, 3.8) is 0 Å². The first-order chi connectivity index (χ1) is 16.7. The highest BCUT2D eigenvalue weighted by molar-refractivity contribution is 7.70. The first-order valence-electron chi connectivity index (χ1n) is 13.7. The summed E-state index contributed by atoms with van der Waals surface area (Å²) in [6.07, 6.45) is 23.7. The van der Waals surface area contributed by atoms with Gasteiger partial charge in [-0.05, 0) is 72.9 Å². The van der Waals surface area contributed by atoms with Crippen LogP contribution in [0.4, 0.5) is 0 Å². The molecule has 5 rings (SSSR count). The maximum Gasteiger partial charge on any atom is 0.0217 e. The van der Waals surface area contributed by atoms with Gasteiger partial charge in [-0.2, -0.15) is 0 Å². The number of benzene rings is 2. The molecule has 2 fully saturated rings. The molecule has 178 valence electrons. The van der Waals surface area contributed by atoms with Gasteiger partial charge in [-0.1, -0.05) is 130 Å². The minimum absolute atomic E-state index is 0.221. The van der Waals surface area contributed by atoms with Gasteiger partial charge in [0.05, 0.1) is 0 Å². The standard InChI is InChI=1S/C33H41P/c1-25-17-21-28(22-18-25)32(27-11-9-10-12-27)33(29-23-19-26(2)20-24-29)34(30-13-5-3-6-14-30)31-15-7-4-8-16-31/h9-12,17-24,27,30-31H,3-8,13-16H2,1-2H3. The van der Waals surface area contributed by atoms with Crippen LogP contribution in [0.15, 0.2) is 72.8 Å². The Morgan fingerprint density at radius 3 is 1.50 bits per heavy atom. The topological polar surface area (TPSA) is 0 Å². The minimum atomic E-state index is -0.221. The highest BCUT2D eigenvalue weighted by Gasteiger charge is 2.36. The van der Waals surface area contributed by atoms with Crippen LogP contribution in [0, 0.1) is 19.8 Å². The minimum Gasteiger partial charge on any atom is -0.0732 e. The van der Waals surface area contributed by atoms with Gasteiger partial charge in [0.15, 0.2) is 0 Å². The molecule has 3 aliphatic rings. The molecule has 0 aromatic heterocycles. The second-order valence-corrected chi connectivity index (χ2v) is 13.5. The number of rotatable bonds is 6. The Kier molecular flexibility index (Phi) is 7.86. The molecule has 0 heterocycles. The zero-order valence-corrected chi connectivity index (χ0v) is 22.1. The summed E-state index contributed by atoms with van der Waals surface area (Å²) in [7, 11) is -0.221. The molecule has 0 bridgehead atoms. The largest absolute Gasteiger partial charge is 0.0732 e. The monoisotopic (exact) mass is 468 g/mol. The van der Waals surface area contributed by atoms with Crippen molar-refractivity contribution in [2.45, 2.75) is 89.4 Å². The Hall–Kier alpha value is -1.91. The fraction of sp³-hybridized carbons (Fsp3) is 0.455. The van der Waals surface area contributed by atoms with E-state index in [4.69, 9.17) is 0 Å². The third-order valence-corrected chi connectivity index (χ3v) is 11.8. The van der Waals surface area contributed by atoms with E-state index in [2.05, 4.69) is 86.7 Å². The van der Waals surface area contributed by atoms with Gasteiger partial charge < -0.3 is 0 Å². The van der Waals surface area contributed by atoms with E-state index in [1.165, 1.54) is 86.5 Å². The van der Waals surface area contributed by atoms with E-state index < -0.39 is 0 Å². The summed E-state index contributed by atoms with van der Waals surface area (Å²) in [5.74, 6) is 0.385. The van der Waals surface area contributed by atoms with E-state index in [1.807, 2.05) is 0 Å². The van der Waals surface area contributed by atoms with Crippen molar-refractivity contribution in [3.05, 3.63) is 95.1 Å². The smallest absolute Gasteiger partial charge is 0.0217 e. The predicted octanol–water partition coefficient (Wildman–Crippen LogP) is 10.1. The lowest BCUT2D eigenvalue weighted by molar-refractivity contribution is 0.487. The van der Waals surface area contributed by atoms with Crippen molar-refractivity contribution in [1.29, 1.82) is 0 Å². The van der Waals surface area contributed by atoms with Crippen LogP contribution in [-0.2, 0) is 0 Å². The second-order valence-electron chi connectivity index (χ2n) is 10.8. The fourth-order valence-corrected chi connectivity index (χ4v) is 10.6. The summed E-state index contributed by atoms with van der Waals surface area (Å²) in [4.78, 5) is 0. The average molecular weight is 469 g/mol. The third-order valence-electron chi connectivity index (χ3n) is 8.22. The van der Waals surface area contributed by atoms with Crippen LogP contribution in [0.5, 0.6) is 0 Å². The molecule has 0 aliphatic heterocycles. The summed E-state index contributed by atoms with van der Waals surface area (Å²) >= 11 is 0. The highest BCUT2D eigenvalue weighted by Crippen LogP contribution is 2.66. The number of hydrogen-bond donors (Lipinski definition) is 0. The van der Waals surface area contributed by atoms with Gasteiger partial charge in [0.1, 0.15) is 0 Å². The predicted molar refractivity (Wildman–Crippen MR) is 152 cm³/mol. The summed E-state index contributed by atoms with van der Waals surface area (Å²) in [5.41, 5.74) is 9.00. The SMILES string of the molecule is Cc1ccc(C(=C(c2ccc(C)cc2)P(C2CCCCC2)C2CCCCC2)C2C=CC=C2)cc1. The van der Waals surface area contributed by atoms with Crippen molar-refractivity contribution in [1.82, 2.24) is 0 Å². The fourth-order valence-electron chi connectivity index (χ4n) is 6.38. The lowest BCUT2D eigenvalue weighted by Gasteiger charge is -2.41. The Morgan fingerprint density at radius 1 is 0.588 bits per heavy atom. The summed E-state index contributed by atoms with van der Waals surface area (Å²) < 4.78 is 0. The maximum atomic E-state index is 2.45. The number of hydrogen-bond acceptors (Lipinski definition) is 0. The van der Waals surface area contributed by atoms with Gasteiger partial charge in [0, 0.05) is 5.92 Å². The molecule has 2 aromatic rings. The van der Waals surface area contributed by atoms with Gasteiger partial charge in [0.25, 0.3) is 0 Å². The van der Waals surface area contributed by atoms with Crippen LogP contribution in [0.25, 0.3) is 10.9 Å². The van der Waals surface area contributed by atoms with Crippen molar-refractivity contribution >= 4 is 18.8 Å². The van der Waals surface area contributed by atoms with Crippen LogP contribution in [0.1, 0.15) is 86.5 Å². The van der Waals surface area contributed by atoms with Crippen molar-refractivity contribution in [2.24, 2.45) is 5.92 Å². The van der Waals surface area contributed by atoms with Crippen LogP contribution in [-0.4, -0.2) is 11.3 Å². The number of allylic oxidation sites excluding steroid dienone is 5. The zero-order valence-electron chi connectivity index (χ0n) is 21.2. The Labute approximate surface area is 209 Å². The molecule has 2 saturated carbocycles. The maximum absolute atomic E-state index is 2.45. The van der Waals surface area contributed by atoms with E-state index in [1.54, 1.807) is 10.9 Å². The summed E-state index contributed by atoms with van der Waals surface area (Å²) in [6.45, 7) is 4.43. The van der Waals surface area contributed by atoms with E-state index >= 15 is 0 Å². The molecule has 3 aliphatic carbocycles. The molecule has 0 radical (unpaired) electrons. The van der Waals surface area contributed by atoms with Gasteiger partial charge in [-0.15, -0.1) is 0 Å². The Bertz CT molecular complexity index is 995. The molecule has 0 saturated heterocycles. The van der Waals surface area contributed by atoms with Crippen LogP contribution in [0.3, 0.4) is 0 Å². The molecule has 0 amide bonds. The first kappa shape index (κ1) is 23.8. The molecule has 0 nitrogen and oxygen atoms in total. The van der Waals surface area contributed by atoms with Crippen LogP contribution in [0.2, 0.25) is 0 Å². The molecule has 0 N–H and O–H groups in total. The summed E-state index contributed by atoms with van der Waals surface area (Å²) in [5, 5.41) is 1.74. The van der Waals surface area contributed by atoms with Gasteiger partial charge in [-0.25, -0.2) is 0 Å². The van der Waals surface area contributed by atoms with Gasteiger partial charge >= 0.3 is 0 Å². The van der Waals surface area contributed by atoms with Crippen LogP contribution >= 0.6 is 7.92 Å². The van der Waals surface area contributed by atoms with E-state index in [0.29, 0.717) is 5.92 Å². The van der Waals surface area contributed by atoms with Crippen molar-refractivity contribution in [2.75, 3.05) is 0 Å². The van der Waals surface area contributed by atoms with Gasteiger partial charge in [0.2, 0.25) is 0 Å². The lowest BCUT2D eigenvalue weighted by Crippen LogP contribution is -2.22. The average Bonchev–Trinajstić information content (AvgIpc) is 3.41. The molecular formula is C33H41P. The number of aryl methyl sites for hydroxylation is 2. The lowest BCUT2D eigenvalue weighted by atomic mass is 9.90. The molecule has 2 aromatic carbocycles. The van der Waals surface area contributed by atoms with E-state index in [-0.39, 0.29) is 7.92 Å². The van der Waals surface area contributed by atoms with Crippen LogP contribution < -0.4 is 0 Å². The molecule has 1 heteroatoms. The normalized spacial score (nSPS) is 20.8. The molecule has 0 spiro atoms. The highest BCUT2D eigenvalue weighted by atomic mass is 31.1. The van der Waals surface area contributed by atoms with E-state index in [0.717, 1.165) is 11.3 Å². The third kappa shape index (κ3) is 5.33. The molecule has 0 atom stereocenters. The van der Waals surface area contributed by atoms with Crippen molar-refractivity contribution < 1.29 is 0 Å². The quantitative estimate of drug-likeness (QED) is 0.292. The first-order valence-corrected chi connectivity index (χ1v) is 15.2. The molecule has 0 unspecified atom stereocenters. The zero-order chi connectivity index (χ0) is 23.3. The van der Waals surface area contributed by atoms with E-state index in [9.17, 15) is 0 Å². The van der Waals surface area contributed by atoms with Crippen molar-refractivity contribution in [3.8, 4) is 0 Å². The Morgan fingerprint density at radius 2 is 1.03 bits per heavy atom. The molecule has 34 heavy (non-hydrogen) atoms. The molecular weight excluding hydrogens is 427 g/mol. The Balaban J connectivity index is 1.75. The second kappa shape index (κ2) is 11.2.